The molecule has 0 aliphatic rings. The molecule has 7 heavy (non-hydrogen) atoms. The average molecular weight is 159 g/mol. The maximum Gasteiger partial charge on any atom is 3.00 e. The first-order valence-corrected chi connectivity index (χ1v) is 2.00. The Bertz CT molecular complexity index is 94.9. The van der Waals surface area contributed by atoms with Gasteiger partial charge in [0, 0.05) is 10.4 Å². The topological polar surface area (TPSA) is 117 Å². The van der Waals surface area contributed by atoms with E-state index >= 15 is 0 Å². The van der Waals surface area contributed by atoms with Gasteiger partial charge >= 0.3 is 25.8 Å². The number of quaternary nitrogens is 1. The van der Waals surface area contributed by atoms with E-state index in [1.165, 1.54) is 0 Å². The van der Waals surface area contributed by atoms with Gasteiger partial charge in [-0.15, -0.1) is 0 Å². The van der Waals surface area contributed by atoms with E-state index in [1.54, 1.807) is 0 Å². The first-order valence-electron chi connectivity index (χ1n) is 0.667. The molecule has 40 valence electrons. The van der Waals surface area contributed by atoms with Crippen LogP contribution in [0.4, 0.5) is 0 Å². The van der Waals surface area contributed by atoms with Gasteiger partial charge in [0.25, 0.3) is 0 Å². The molecule has 0 aliphatic heterocycles. The predicted molar refractivity (Wildman–Crippen MR) is 16.5 cm³/mol. The van der Waals surface area contributed by atoms with Crippen molar-refractivity contribution in [2.24, 2.45) is 0 Å². The normalized spacial score (nSPS) is 8.29. The quantitative estimate of drug-likeness (QED) is 0.361. The zero-order valence-corrected chi connectivity index (χ0v) is 6.24. The van der Waals surface area contributed by atoms with Crippen molar-refractivity contribution in [3.8, 4) is 0 Å². The van der Waals surface area contributed by atoms with Crippen LogP contribution in [0.5, 0.6) is 0 Å². The van der Waals surface area contributed by atoms with Crippen molar-refractivity contribution in [2.75, 3.05) is 0 Å². The Kier molecular flexibility index (Phi) is 10.8. The average Bonchev–Trinajstić information content (AvgIpc) is 0.722. The van der Waals surface area contributed by atoms with Gasteiger partial charge in [-0.3, -0.25) is 8.42 Å². The van der Waals surface area contributed by atoms with Gasteiger partial charge in [0.1, 0.15) is 0 Å². The second-order valence-corrected chi connectivity index (χ2v) is 1.22. The molecule has 0 rings (SSSR count). The van der Waals surface area contributed by atoms with Crippen molar-refractivity contribution < 1.29 is 43.4 Å². The summed E-state index contributed by atoms with van der Waals surface area (Å²) in [5.74, 6) is 0. The Hall–Kier alpha value is 0.700. The molecule has 0 saturated carbocycles. The molecule has 0 aromatic heterocycles. The smallest absolute Gasteiger partial charge is 0.759 e. The molecule has 5 nitrogen and oxygen atoms in total. The molecule has 0 heterocycles. The van der Waals surface area contributed by atoms with E-state index in [4.69, 9.17) is 17.5 Å². The van der Waals surface area contributed by atoms with Crippen molar-refractivity contribution in [1.29, 1.82) is 0 Å². The van der Waals surface area contributed by atoms with Crippen molar-refractivity contribution in [2.45, 2.75) is 0 Å². The Labute approximate surface area is 60.1 Å². The molecule has 0 aromatic carbocycles. The Morgan fingerprint density at radius 1 is 1.14 bits per heavy atom. The molecule has 7 heteroatoms. The minimum Gasteiger partial charge on any atom is -0.759 e. The Morgan fingerprint density at radius 3 is 1.14 bits per heavy atom. The summed E-state index contributed by atoms with van der Waals surface area (Å²) >= 11 is 0. The first kappa shape index (κ1) is 15.6. The molecule has 0 aromatic rings. The van der Waals surface area contributed by atoms with E-state index in [0.717, 1.165) is 0 Å². The van der Waals surface area contributed by atoms with Crippen LogP contribution >= 0.6 is 0 Å². The molecular weight excluding hydrogens is 155 g/mol. The summed E-state index contributed by atoms with van der Waals surface area (Å²) in [5, 5.41) is 0. The van der Waals surface area contributed by atoms with E-state index in [-0.39, 0.29) is 32.0 Å². The van der Waals surface area contributed by atoms with Gasteiger partial charge in [0.2, 0.25) is 0 Å². The van der Waals surface area contributed by atoms with Gasteiger partial charge in [-0.1, -0.05) is 0 Å². The Balaban J connectivity index is -0.0000000800. The summed E-state index contributed by atoms with van der Waals surface area (Å²) in [5.41, 5.74) is 0. The molecule has 0 fully saturated rings. The SMILES string of the molecule is O=S(=O)([O-])[O-].[NH4+].[Sc+3]. The van der Waals surface area contributed by atoms with Crippen LogP contribution in [0.3, 0.4) is 0 Å². The van der Waals surface area contributed by atoms with Crippen LogP contribution in [0.25, 0.3) is 0 Å². The van der Waals surface area contributed by atoms with Gasteiger partial charge < -0.3 is 15.3 Å². The molecule has 0 bridgehead atoms. The molecule has 0 aliphatic carbocycles. The zero-order chi connectivity index (χ0) is 4.50. The molecular formula is H4NO4SSc+2. The van der Waals surface area contributed by atoms with Crippen LogP contribution in [0.2, 0.25) is 0 Å². The minimum absolute atomic E-state index is 0. The largest absolute Gasteiger partial charge is 3.00 e. The fraction of sp³-hybridized carbons (Fsp3) is 0. The van der Waals surface area contributed by atoms with Gasteiger partial charge in [-0.05, 0) is 0 Å². The van der Waals surface area contributed by atoms with Crippen LogP contribution in [0.15, 0.2) is 0 Å². The molecule has 0 unspecified atom stereocenters. The summed E-state index contributed by atoms with van der Waals surface area (Å²) in [6.07, 6.45) is 0. The second-order valence-electron chi connectivity index (χ2n) is 0.408. The maximum atomic E-state index is 8.52. The summed E-state index contributed by atoms with van der Waals surface area (Å²) in [6.45, 7) is 0. The molecule has 0 saturated heterocycles. The molecule has 0 radical (unpaired) electrons. The van der Waals surface area contributed by atoms with Crippen molar-refractivity contribution in [3.63, 3.8) is 0 Å². The fourth-order valence-electron chi connectivity index (χ4n) is 0. The van der Waals surface area contributed by atoms with Gasteiger partial charge in [0.05, 0.1) is 0 Å². The van der Waals surface area contributed by atoms with Crippen LogP contribution in [0.1, 0.15) is 0 Å². The van der Waals surface area contributed by atoms with Gasteiger partial charge in [-0.25, -0.2) is 0 Å². The van der Waals surface area contributed by atoms with Crippen molar-refractivity contribution >= 4 is 10.4 Å². The molecule has 0 amide bonds. The third kappa shape index (κ3) is 302. The van der Waals surface area contributed by atoms with Gasteiger partial charge in [0.15, 0.2) is 0 Å². The van der Waals surface area contributed by atoms with E-state index in [0.29, 0.717) is 0 Å². The first-order chi connectivity index (χ1) is 2.00. The summed E-state index contributed by atoms with van der Waals surface area (Å²) < 4.78 is 34.1. The van der Waals surface area contributed by atoms with Crippen molar-refractivity contribution in [1.82, 2.24) is 6.15 Å². The van der Waals surface area contributed by atoms with E-state index in [1.807, 2.05) is 0 Å². The molecule has 4 N–H and O–H groups in total. The van der Waals surface area contributed by atoms with Crippen LogP contribution < -0.4 is 6.15 Å². The maximum absolute atomic E-state index is 8.52. The van der Waals surface area contributed by atoms with Crippen molar-refractivity contribution in [3.05, 3.63) is 0 Å². The van der Waals surface area contributed by atoms with Gasteiger partial charge in [-0.2, -0.15) is 0 Å². The van der Waals surface area contributed by atoms with Crippen LogP contribution in [0, 0.1) is 0 Å². The number of hydrogen-bond donors (Lipinski definition) is 1. The second kappa shape index (κ2) is 4.85. The summed E-state index contributed by atoms with van der Waals surface area (Å²) in [4.78, 5) is 0. The van der Waals surface area contributed by atoms with Crippen LogP contribution in [-0.2, 0) is 36.2 Å². The third-order valence-corrected chi connectivity index (χ3v) is 0. The van der Waals surface area contributed by atoms with E-state index in [9.17, 15) is 0 Å². The monoisotopic (exact) mass is 159 g/mol. The van der Waals surface area contributed by atoms with Crippen LogP contribution in [-0.4, -0.2) is 17.5 Å². The summed E-state index contributed by atoms with van der Waals surface area (Å²) in [6, 6.07) is 0. The third-order valence-electron chi connectivity index (χ3n) is 0. The summed E-state index contributed by atoms with van der Waals surface area (Å²) in [7, 11) is -5.17. The standard InChI is InChI=1S/H3N.H2O4S.Sc/c;1-5(2,3)4;/h1H3;(H2,1,2,3,4);/q;;+3/p-1. The zero-order valence-electron chi connectivity index (χ0n) is 3.62. The fourth-order valence-corrected chi connectivity index (χ4v) is 0. The molecule has 0 spiro atoms. The van der Waals surface area contributed by atoms with E-state index < -0.39 is 10.4 Å². The number of rotatable bonds is 0. The predicted octanol–water partition coefficient (Wildman–Crippen LogP) is -0.964. The molecule has 0 atom stereocenters. The minimum atomic E-state index is -5.17. The Morgan fingerprint density at radius 2 is 1.14 bits per heavy atom. The number of hydrogen-bond acceptors (Lipinski definition) is 4. The van der Waals surface area contributed by atoms with E-state index in [2.05, 4.69) is 0 Å².